The van der Waals surface area contributed by atoms with Crippen LogP contribution in [0.2, 0.25) is 0 Å². The molecule has 2 heterocycles. The van der Waals surface area contributed by atoms with Gasteiger partial charge < -0.3 is 14.8 Å². The molecule has 62 valence electrons. The van der Waals surface area contributed by atoms with E-state index in [0.717, 1.165) is 6.42 Å². The average molecular weight is 157 g/mol. The lowest BCUT2D eigenvalue weighted by atomic mass is 9.97. The number of rotatable bonds is 0. The van der Waals surface area contributed by atoms with E-state index < -0.39 is 0 Å². The molecule has 0 radical (unpaired) electrons. The molecule has 1 spiro atoms. The highest BCUT2D eigenvalue weighted by atomic mass is 16.6. The minimum atomic E-state index is -0.364. The summed E-state index contributed by atoms with van der Waals surface area (Å²) in [5.74, 6) is 0. The first-order chi connectivity index (χ1) is 5.23. The Morgan fingerprint density at radius 1 is 1.73 bits per heavy atom. The maximum atomic E-state index is 10.8. The highest BCUT2D eigenvalue weighted by Gasteiger charge is 2.49. The van der Waals surface area contributed by atoms with Crippen LogP contribution in [0.3, 0.4) is 0 Å². The number of carbonyl (C=O) groups excluding carboxylic acids is 1. The molecule has 2 atom stereocenters. The molecule has 1 amide bonds. The number of carbonyl (C=O) groups is 1. The third kappa shape index (κ3) is 0.894. The molecule has 4 nitrogen and oxygen atoms in total. The first kappa shape index (κ1) is 6.91. The van der Waals surface area contributed by atoms with Gasteiger partial charge in [0, 0.05) is 6.42 Å². The molecule has 0 aromatic carbocycles. The smallest absolute Gasteiger partial charge is 0.407 e. The average Bonchev–Trinajstić information content (AvgIpc) is 2.46. The Labute approximate surface area is 64.9 Å². The Kier molecular flexibility index (Phi) is 1.32. The third-order valence-electron chi connectivity index (χ3n) is 2.46. The van der Waals surface area contributed by atoms with Crippen molar-refractivity contribution in [3.05, 3.63) is 0 Å². The van der Waals surface area contributed by atoms with Crippen LogP contribution in [0.1, 0.15) is 13.3 Å². The van der Waals surface area contributed by atoms with Crippen molar-refractivity contribution in [3.8, 4) is 0 Å². The maximum Gasteiger partial charge on any atom is 0.407 e. The van der Waals surface area contributed by atoms with Crippen molar-refractivity contribution in [3.63, 3.8) is 0 Å². The summed E-state index contributed by atoms with van der Waals surface area (Å²) in [5, 5.41) is 2.64. The molecule has 2 unspecified atom stereocenters. The van der Waals surface area contributed by atoms with Crippen LogP contribution >= 0.6 is 0 Å². The predicted octanol–water partition coefficient (Wildman–Crippen LogP) is 0.274. The van der Waals surface area contributed by atoms with Crippen LogP contribution in [-0.4, -0.2) is 30.9 Å². The first-order valence-corrected chi connectivity index (χ1v) is 3.81. The van der Waals surface area contributed by atoms with Crippen molar-refractivity contribution >= 4 is 6.09 Å². The molecule has 0 saturated carbocycles. The SMILES string of the molecule is CC1OCCC12CNC(=O)O2. The summed E-state index contributed by atoms with van der Waals surface area (Å²) in [4.78, 5) is 10.8. The summed E-state index contributed by atoms with van der Waals surface area (Å²) in [6.07, 6.45) is 0.524. The van der Waals surface area contributed by atoms with Crippen LogP contribution in [0, 0.1) is 0 Å². The summed E-state index contributed by atoms with van der Waals surface area (Å²) in [6.45, 7) is 3.22. The molecule has 0 aromatic rings. The molecular formula is C7H11NO3. The van der Waals surface area contributed by atoms with E-state index in [-0.39, 0.29) is 17.8 Å². The van der Waals surface area contributed by atoms with Crippen LogP contribution in [-0.2, 0) is 9.47 Å². The standard InChI is InChI=1S/C7H11NO3/c1-5-7(2-3-10-5)4-8-6(9)11-7/h5H,2-4H2,1H3,(H,8,9). The lowest BCUT2D eigenvalue weighted by molar-refractivity contribution is -0.00748. The van der Waals surface area contributed by atoms with Gasteiger partial charge in [-0.1, -0.05) is 0 Å². The Bertz CT molecular complexity index is 194. The molecule has 0 aliphatic carbocycles. The van der Waals surface area contributed by atoms with E-state index in [4.69, 9.17) is 9.47 Å². The third-order valence-corrected chi connectivity index (χ3v) is 2.46. The quantitative estimate of drug-likeness (QED) is 0.549. The normalized spacial score (nSPS) is 42.6. The summed E-state index contributed by atoms with van der Waals surface area (Å²) >= 11 is 0. The Morgan fingerprint density at radius 3 is 3.00 bits per heavy atom. The summed E-state index contributed by atoms with van der Waals surface area (Å²) in [5.41, 5.74) is -0.364. The second kappa shape index (κ2) is 2.11. The fourth-order valence-electron chi connectivity index (χ4n) is 1.61. The largest absolute Gasteiger partial charge is 0.438 e. The van der Waals surface area contributed by atoms with E-state index in [1.54, 1.807) is 0 Å². The minimum absolute atomic E-state index is 0.0291. The lowest BCUT2D eigenvalue weighted by Crippen LogP contribution is -2.39. The Balaban J connectivity index is 2.16. The zero-order valence-corrected chi connectivity index (χ0v) is 6.42. The monoisotopic (exact) mass is 157 g/mol. The molecular weight excluding hydrogens is 146 g/mol. The van der Waals surface area contributed by atoms with Gasteiger partial charge in [0.15, 0.2) is 5.60 Å². The van der Waals surface area contributed by atoms with Gasteiger partial charge in [-0.25, -0.2) is 4.79 Å². The van der Waals surface area contributed by atoms with Gasteiger partial charge in [0.2, 0.25) is 0 Å². The predicted molar refractivity (Wildman–Crippen MR) is 37.2 cm³/mol. The highest BCUT2D eigenvalue weighted by Crippen LogP contribution is 2.31. The van der Waals surface area contributed by atoms with Crippen molar-refractivity contribution < 1.29 is 14.3 Å². The molecule has 4 heteroatoms. The number of alkyl carbamates (subject to hydrolysis) is 1. The molecule has 11 heavy (non-hydrogen) atoms. The van der Waals surface area contributed by atoms with Crippen LogP contribution in [0.15, 0.2) is 0 Å². The minimum Gasteiger partial charge on any atom is -0.438 e. The van der Waals surface area contributed by atoms with Crippen molar-refractivity contribution in [2.24, 2.45) is 0 Å². The van der Waals surface area contributed by atoms with E-state index in [1.165, 1.54) is 0 Å². The zero-order valence-electron chi connectivity index (χ0n) is 6.42. The van der Waals surface area contributed by atoms with Gasteiger partial charge in [-0.15, -0.1) is 0 Å². The van der Waals surface area contributed by atoms with Crippen molar-refractivity contribution in [2.75, 3.05) is 13.2 Å². The van der Waals surface area contributed by atoms with E-state index in [2.05, 4.69) is 5.32 Å². The van der Waals surface area contributed by atoms with Crippen LogP contribution in [0.5, 0.6) is 0 Å². The maximum absolute atomic E-state index is 10.8. The van der Waals surface area contributed by atoms with Gasteiger partial charge in [-0.05, 0) is 6.92 Å². The topological polar surface area (TPSA) is 47.6 Å². The van der Waals surface area contributed by atoms with Crippen LogP contribution in [0.4, 0.5) is 4.79 Å². The van der Waals surface area contributed by atoms with Gasteiger partial charge in [-0.3, -0.25) is 0 Å². The molecule has 2 saturated heterocycles. The second-order valence-electron chi connectivity index (χ2n) is 3.07. The lowest BCUT2D eigenvalue weighted by Gasteiger charge is -2.23. The van der Waals surface area contributed by atoms with Crippen LogP contribution in [0.25, 0.3) is 0 Å². The van der Waals surface area contributed by atoms with E-state index in [9.17, 15) is 4.79 Å². The fourth-order valence-corrected chi connectivity index (χ4v) is 1.61. The van der Waals surface area contributed by atoms with Gasteiger partial charge >= 0.3 is 6.09 Å². The Morgan fingerprint density at radius 2 is 2.55 bits per heavy atom. The number of amides is 1. The van der Waals surface area contributed by atoms with E-state index in [1.807, 2.05) is 6.92 Å². The zero-order chi connectivity index (χ0) is 7.90. The van der Waals surface area contributed by atoms with Crippen molar-refractivity contribution in [1.82, 2.24) is 5.32 Å². The molecule has 0 bridgehead atoms. The van der Waals surface area contributed by atoms with Gasteiger partial charge in [0.1, 0.15) is 0 Å². The summed E-state index contributed by atoms with van der Waals surface area (Å²) < 4.78 is 10.5. The van der Waals surface area contributed by atoms with E-state index >= 15 is 0 Å². The van der Waals surface area contributed by atoms with Crippen molar-refractivity contribution in [2.45, 2.75) is 25.0 Å². The summed E-state index contributed by atoms with van der Waals surface area (Å²) in [7, 11) is 0. The van der Waals surface area contributed by atoms with Gasteiger partial charge in [-0.2, -0.15) is 0 Å². The molecule has 2 fully saturated rings. The van der Waals surface area contributed by atoms with E-state index in [0.29, 0.717) is 13.2 Å². The summed E-state index contributed by atoms with van der Waals surface area (Å²) in [6, 6.07) is 0. The Hall–Kier alpha value is -0.770. The van der Waals surface area contributed by atoms with Crippen LogP contribution < -0.4 is 5.32 Å². The number of nitrogens with one attached hydrogen (secondary N) is 1. The van der Waals surface area contributed by atoms with Crippen molar-refractivity contribution in [1.29, 1.82) is 0 Å². The number of hydrogen-bond acceptors (Lipinski definition) is 3. The molecule has 2 rings (SSSR count). The highest BCUT2D eigenvalue weighted by molar-refractivity contribution is 5.70. The second-order valence-corrected chi connectivity index (χ2v) is 3.07. The number of hydrogen-bond donors (Lipinski definition) is 1. The molecule has 2 aliphatic heterocycles. The molecule has 0 aromatic heterocycles. The molecule has 2 aliphatic rings. The number of ether oxygens (including phenoxy) is 2. The van der Waals surface area contributed by atoms with Gasteiger partial charge in [0.05, 0.1) is 19.3 Å². The first-order valence-electron chi connectivity index (χ1n) is 3.81. The fraction of sp³-hybridized carbons (Fsp3) is 0.857. The molecule has 1 N–H and O–H groups in total. The van der Waals surface area contributed by atoms with Gasteiger partial charge in [0.25, 0.3) is 0 Å².